The van der Waals surface area contributed by atoms with Gasteiger partial charge in [0.1, 0.15) is 24.2 Å². The zero-order chi connectivity index (χ0) is 19.6. The Hall–Kier alpha value is -2.35. The molecule has 1 fully saturated rings. The molecule has 7 nitrogen and oxygen atoms in total. The van der Waals surface area contributed by atoms with E-state index in [0.29, 0.717) is 24.8 Å². The number of hydrogen-bond donors (Lipinski definition) is 2. The van der Waals surface area contributed by atoms with Crippen molar-refractivity contribution in [2.45, 2.75) is 32.0 Å². The predicted molar refractivity (Wildman–Crippen MR) is 102 cm³/mol. The molecule has 0 aromatic heterocycles. The average molecular weight is 380 g/mol. The number of nitrogens with zero attached hydrogens (tertiary/aromatic N) is 2. The molecule has 1 amide bonds. The second-order valence-electron chi connectivity index (χ2n) is 6.74. The van der Waals surface area contributed by atoms with Crippen LogP contribution in [-0.2, 0) is 9.53 Å². The van der Waals surface area contributed by atoms with Crippen LogP contribution in [0, 0.1) is 5.82 Å². The van der Waals surface area contributed by atoms with Crippen LogP contribution in [0.5, 0.6) is 5.75 Å². The molecule has 2 rings (SSSR count). The van der Waals surface area contributed by atoms with Crippen molar-refractivity contribution in [3.8, 4) is 5.75 Å². The van der Waals surface area contributed by atoms with E-state index in [4.69, 9.17) is 9.47 Å². The summed E-state index contributed by atoms with van der Waals surface area (Å²) in [7, 11) is 3.39. The molecule has 0 saturated carbocycles. The number of hydrogen-bond acceptors (Lipinski definition) is 4. The van der Waals surface area contributed by atoms with Crippen LogP contribution in [0.15, 0.2) is 29.3 Å². The van der Waals surface area contributed by atoms with E-state index in [9.17, 15) is 9.18 Å². The van der Waals surface area contributed by atoms with Gasteiger partial charge in [-0.25, -0.2) is 9.38 Å². The second kappa shape index (κ2) is 10.7. The fourth-order valence-corrected chi connectivity index (χ4v) is 2.53. The fourth-order valence-electron chi connectivity index (χ4n) is 2.53. The molecule has 8 heteroatoms. The number of carbonyl (C=O) groups excluding carboxylic acids is 1. The number of likely N-dealkylation sites (N-methyl/N-ethyl adjacent to an activating group) is 1. The van der Waals surface area contributed by atoms with Crippen LogP contribution >= 0.6 is 0 Å². The standard InChI is InChI=1S/C19H29FN4O3/c1-14(27-16-7-4-6-15(20)10-16)11-21-19(23-13-18(25)24(2)3)22-12-17-8-5-9-26-17/h4,6-7,10,14,17H,5,8-9,11-13H2,1-3H3,(H2,21,22,23). The number of aliphatic imine (C=N–C) groups is 1. The first-order valence-electron chi connectivity index (χ1n) is 9.20. The van der Waals surface area contributed by atoms with Gasteiger partial charge in [-0.05, 0) is 31.9 Å². The minimum Gasteiger partial charge on any atom is -0.489 e. The topological polar surface area (TPSA) is 75.2 Å². The third-order valence-corrected chi connectivity index (χ3v) is 4.08. The maximum atomic E-state index is 13.2. The van der Waals surface area contributed by atoms with E-state index in [2.05, 4.69) is 15.6 Å². The van der Waals surface area contributed by atoms with Gasteiger partial charge in [-0.3, -0.25) is 4.79 Å². The third-order valence-electron chi connectivity index (χ3n) is 4.08. The van der Waals surface area contributed by atoms with Crippen molar-refractivity contribution in [1.29, 1.82) is 0 Å². The maximum Gasteiger partial charge on any atom is 0.243 e. The average Bonchev–Trinajstić information content (AvgIpc) is 3.14. The predicted octanol–water partition coefficient (Wildman–Crippen LogP) is 1.40. The summed E-state index contributed by atoms with van der Waals surface area (Å²) in [5.41, 5.74) is 0. The molecule has 1 aromatic carbocycles. The molecular weight excluding hydrogens is 351 g/mol. The van der Waals surface area contributed by atoms with E-state index >= 15 is 0 Å². The minimum atomic E-state index is -0.338. The number of amides is 1. The summed E-state index contributed by atoms with van der Waals surface area (Å²) < 4.78 is 24.6. The minimum absolute atomic E-state index is 0.0486. The van der Waals surface area contributed by atoms with E-state index in [-0.39, 0.29) is 30.5 Å². The molecule has 1 heterocycles. The molecule has 1 aliphatic rings. The second-order valence-corrected chi connectivity index (χ2v) is 6.74. The molecule has 0 spiro atoms. The van der Waals surface area contributed by atoms with E-state index in [1.165, 1.54) is 17.0 Å². The van der Waals surface area contributed by atoms with Crippen molar-refractivity contribution < 1.29 is 18.7 Å². The Morgan fingerprint density at radius 2 is 2.26 bits per heavy atom. The number of ether oxygens (including phenoxy) is 2. The summed E-state index contributed by atoms with van der Waals surface area (Å²) in [6.45, 7) is 3.78. The monoisotopic (exact) mass is 380 g/mol. The molecule has 1 saturated heterocycles. The number of benzene rings is 1. The van der Waals surface area contributed by atoms with Crippen LogP contribution in [0.3, 0.4) is 0 Å². The number of carbonyl (C=O) groups is 1. The first kappa shape index (κ1) is 21.0. The number of nitrogens with one attached hydrogen (secondary N) is 2. The first-order chi connectivity index (χ1) is 12.9. The van der Waals surface area contributed by atoms with Gasteiger partial charge in [0.05, 0.1) is 12.6 Å². The highest BCUT2D eigenvalue weighted by Crippen LogP contribution is 2.13. The highest BCUT2D eigenvalue weighted by molar-refractivity contribution is 5.84. The lowest BCUT2D eigenvalue weighted by atomic mass is 10.2. The van der Waals surface area contributed by atoms with Gasteiger partial charge >= 0.3 is 0 Å². The maximum absolute atomic E-state index is 13.2. The number of rotatable bonds is 8. The Kier molecular flexibility index (Phi) is 8.32. The lowest BCUT2D eigenvalue weighted by molar-refractivity contribution is -0.127. The molecule has 150 valence electrons. The van der Waals surface area contributed by atoms with Crippen molar-refractivity contribution in [3.63, 3.8) is 0 Å². The Bertz CT molecular complexity index is 633. The van der Waals surface area contributed by atoms with Crippen molar-refractivity contribution in [1.82, 2.24) is 15.5 Å². The van der Waals surface area contributed by atoms with Crippen LogP contribution in [0.2, 0.25) is 0 Å². The summed E-state index contributed by atoms with van der Waals surface area (Å²) in [4.78, 5) is 17.6. The van der Waals surface area contributed by atoms with Gasteiger partial charge in [-0.2, -0.15) is 0 Å². The Morgan fingerprint density at radius 1 is 1.44 bits per heavy atom. The van der Waals surface area contributed by atoms with Gasteiger partial charge in [0.25, 0.3) is 0 Å². The van der Waals surface area contributed by atoms with Crippen LogP contribution in [0.25, 0.3) is 0 Å². The van der Waals surface area contributed by atoms with Gasteiger partial charge in [0.2, 0.25) is 5.91 Å². The molecule has 2 atom stereocenters. The SMILES string of the molecule is CC(CNC(=NCC(=O)N(C)C)NCC1CCCO1)Oc1cccc(F)c1. The largest absolute Gasteiger partial charge is 0.489 e. The normalized spacial score (nSPS) is 18.1. The highest BCUT2D eigenvalue weighted by atomic mass is 19.1. The van der Waals surface area contributed by atoms with Crippen molar-refractivity contribution in [3.05, 3.63) is 30.1 Å². The Morgan fingerprint density at radius 3 is 2.93 bits per heavy atom. The van der Waals surface area contributed by atoms with E-state index < -0.39 is 0 Å². The Labute approximate surface area is 159 Å². The van der Waals surface area contributed by atoms with Gasteiger partial charge in [0.15, 0.2) is 5.96 Å². The van der Waals surface area contributed by atoms with Crippen LogP contribution in [0.4, 0.5) is 4.39 Å². The highest BCUT2D eigenvalue weighted by Gasteiger charge is 2.16. The van der Waals surface area contributed by atoms with Gasteiger partial charge in [0, 0.05) is 33.3 Å². The van der Waals surface area contributed by atoms with E-state index in [0.717, 1.165) is 19.4 Å². The molecular formula is C19H29FN4O3. The van der Waals surface area contributed by atoms with Crippen LogP contribution in [-0.4, -0.2) is 69.3 Å². The fraction of sp³-hybridized carbons (Fsp3) is 0.579. The quantitative estimate of drug-likeness (QED) is 0.527. The summed E-state index contributed by atoms with van der Waals surface area (Å²) in [5.74, 6) is 0.570. The van der Waals surface area contributed by atoms with Crippen molar-refractivity contribution >= 4 is 11.9 Å². The molecule has 0 aliphatic carbocycles. The van der Waals surface area contributed by atoms with Crippen molar-refractivity contribution in [2.24, 2.45) is 4.99 Å². The molecule has 0 bridgehead atoms. The number of guanidine groups is 1. The smallest absolute Gasteiger partial charge is 0.243 e. The summed E-state index contributed by atoms with van der Waals surface area (Å²) in [6, 6.07) is 6.03. The number of halogens is 1. The van der Waals surface area contributed by atoms with Gasteiger partial charge < -0.3 is 25.0 Å². The van der Waals surface area contributed by atoms with Crippen LogP contribution in [0.1, 0.15) is 19.8 Å². The Balaban J connectivity index is 1.86. The molecule has 1 aromatic rings. The third kappa shape index (κ3) is 7.82. The molecule has 2 N–H and O–H groups in total. The van der Waals surface area contributed by atoms with Gasteiger partial charge in [-0.1, -0.05) is 6.07 Å². The zero-order valence-corrected chi connectivity index (χ0v) is 16.2. The summed E-state index contributed by atoms with van der Waals surface area (Å²) in [6.07, 6.45) is 2.01. The molecule has 0 radical (unpaired) electrons. The lowest BCUT2D eigenvalue weighted by Crippen LogP contribution is -2.44. The van der Waals surface area contributed by atoms with E-state index in [1.807, 2.05) is 6.92 Å². The first-order valence-corrected chi connectivity index (χ1v) is 9.20. The molecule has 2 unspecified atom stereocenters. The lowest BCUT2D eigenvalue weighted by Gasteiger charge is -2.19. The van der Waals surface area contributed by atoms with Crippen molar-refractivity contribution in [2.75, 3.05) is 40.3 Å². The van der Waals surface area contributed by atoms with E-state index in [1.54, 1.807) is 26.2 Å². The molecule has 27 heavy (non-hydrogen) atoms. The molecule has 1 aliphatic heterocycles. The summed E-state index contributed by atoms with van der Waals surface area (Å²) in [5, 5.41) is 6.38. The van der Waals surface area contributed by atoms with Gasteiger partial charge in [-0.15, -0.1) is 0 Å². The summed E-state index contributed by atoms with van der Waals surface area (Å²) >= 11 is 0. The zero-order valence-electron chi connectivity index (χ0n) is 16.2. The van der Waals surface area contributed by atoms with Crippen LogP contribution < -0.4 is 15.4 Å².